The van der Waals surface area contributed by atoms with Crippen LogP contribution in [0.3, 0.4) is 0 Å². The number of hydrazine groups is 1. The van der Waals surface area contributed by atoms with Gasteiger partial charge < -0.3 is 0 Å². The largest absolute Gasteiger partial charge is 0.276 e. The minimum atomic E-state index is 0.632. The van der Waals surface area contributed by atoms with Gasteiger partial charge in [-0.05, 0) is 32.8 Å². The summed E-state index contributed by atoms with van der Waals surface area (Å²) in [6.45, 7) is 5.41. The van der Waals surface area contributed by atoms with Crippen molar-refractivity contribution in [2.75, 3.05) is 0 Å². The minimum Gasteiger partial charge on any atom is -0.276 e. The fourth-order valence-corrected chi connectivity index (χ4v) is 2.46. The first-order chi connectivity index (χ1) is 7.66. The molecular weight excluding hydrogens is 200 g/mol. The molecule has 0 amide bonds. The molecule has 1 saturated heterocycles. The molecule has 90 valence electrons. The van der Waals surface area contributed by atoms with E-state index in [9.17, 15) is 0 Å². The molecule has 1 aromatic rings. The van der Waals surface area contributed by atoms with Crippen LogP contribution in [0.15, 0.2) is 12.3 Å². The number of aromatic nitrogens is 2. The summed E-state index contributed by atoms with van der Waals surface area (Å²) >= 11 is 0. The monoisotopic (exact) mass is 222 g/mol. The lowest BCUT2D eigenvalue weighted by atomic mass is 10.00. The number of piperidine rings is 1. The summed E-state index contributed by atoms with van der Waals surface area (Å²) in [4.78, 5) is 0. The molecule has 1 N–H and O–H groups in total. The quantitative estimate of drug-likeness (QED) is 0.845. The van der Waals surface area contributed by atoms with Gasteiger partial charge in [-0.1, -0.05) is 6.42 Å². The molecule has 0 aromatic carbocycles. The van der Waals surface area contributed by atoms with Gasteiger partial charge in [-0.25, -0.2) is 10.4 Å². The van der Waals surface area contributed by atoms with Crippen molar-refractivity contribution < 1.29 is 0 Å². The van der Waals surface area contributed by atoms with E-state index in [4.69, 9.17) is 0 Å². The summed E-state index contributed by atoms with van der Waals surface area (Å²) in [6, 6.07) is 3.33. The van der Waals surface area contributed by atoms with Gasteiger partial charge in [-0.2, -0.15) is 5.10 Å². The molecule has 0 spiro atoms. The van der Waals surface area contributed by atoms with Crippen molar-refractivity contribution in [2.24, 2.45) is 7.05 Å². The lowest BCUT2D eigenvalue weighted by Gasteiger charge is -2.38. The summed E-state index contributed by atoms with van der Waals surface area (Å²) in [6.07, 6.45) is 5.92. The Hall–Kier alpha value is -0.870. The zero-order valence-corrected chi connectivity index (χ0v) is 10.5. The van der Waals surface area contributed by atoms with E-state index in [1.807, 2.05) is 17.9 Å². The maximum absolute atomic E-state index is 4.37. The van der Waals surface area contributed by atoms with E-state index in [1.165, 1.54) is 19.3 Å². The molecule has 0 radical (unpaired) electrons. The fraction of sp³-hybridized carbons (Fsp3) is 0.750. The van der Waals surface area contributed by atoms with Crippen LogP contribution in [0.4, 0.5) is 0 Å². The van der Waals surface area contributed by atoms with E-state index in [0.717, 1.165) is 12.2 Å². The molecule has 0 saturated carbocycles. The zero-order chi connectivity index (χ0) is 11.5. The summed E-state index contributed by atoms with van der Waals surface area (Å²) < 4.78 is 1.85. The molecule has 2 heterocycles. The lowest BCUT2D eigenvalue weighted by molar-refractivity contribution is 0.0430. The van der Waals surface area contributed by atoms with Gasteiger partial charge in [0.05, 0.1) is 12.2 Å². The van der Waals surface area contributed by atoms with E-state index in [-0.39, 0.29) is 0 Å². The highest BCUT2D eigenvalue weighted by Crippen LogP contribution is 2.20. The predicted molar refractivity (Wildman–Crippen MR) is 64.7 cm³/mol. The highest BCUT2D eigenvalue weighted by molar-refractivity contribution is 4.97. The van der Waals surface area contributed by atoms with Gasteiger partial charge in [0.1, 0.15) is 0 Å². The van der Waals surface area contributed by atoms with Crippen molar-refractivity contribution >= 4 is 0 Å². The van der Waals surface area contributed by atoms with Crippen LogP contribution in [0.2, 0.25) is 0 Å². The maximum atomic E-state index is 4.37. The fourth-order valence-electron chi connectivity index (χ4n) is 2.46. The molecule has 0 aliphatic carbocycles. The summed E-state index contributed by atoms with van der Waals surface area (Å²) in [7, 11) is 1.95. The third-order valence-electron chi connectivity index (χ3n) is 3.41. The minimum absolute atomic E-state index is 0.632. The summed E-state index contributed by atoms with van der Waals surface area (Å²) in [5, 5.41) is 6.76. The van der Waals surface area contributed by atoms with Crippen molar-refractivity contribution in [3.63, 3.8) is 0 Å². The van der Waals surface area contributed by atoms with Gasteiger partial charge in [0, 0.05) is 25.3 Å². The van der Waals surface area contributed by atoms with E-state index in [0.29, 0.717) is 12.1 Å². The molecule has 1 fully saturated rings. The molecule has 2 rings (SSSR count). The molecule has 1 aliphatic heterocycles. The number of nitrogens with zero attached hydrogens (tertiary/aromatic N) is 3. The summed E-state index contributed by atoms with van der Waals surface area (Å²) in [5.41, 5.74) is 4.61. The van der Waals surface area contributed by atoms with Gasteiger partial charge in [0.15, 0.2) is 0 Å². The number of aryl methyl sites for hydroxylation is 1. The molecule has 1 aromatic heterocycles. The van der Waals surface area contributed by atoms with Crippen LogP contribution in [0.1, 0.15) is 38.8 Å². The molecule has 0 bridgehead atoms. The highest BCUT2D eigenvalue weighted by atomic mass is 15.5. The molecule has 4 heteroatoms. The van der Waals surface area contributed by atoms with E-state index >= 15 is 0 Å². The van der Waals surface area contributed by atoms with Gasteiger partial charge in [-0.15, -0.1) is 0 Å². The van der Waals surface area contributed by atoms with E-state index < -0.39 is 0 Å². The first-order valence-electron chi connectivity index (χ1n) is 6.17. The Labute approximate surface area is 97.6 Å². The van der Waals surface area contributed by atoms with Crippen molar-refractivity contribution in [1.29, 1.82) is 0 Å². The van der Waals surface area contributed by atoms with Crippen LogP contribution in [0.25, 0.3) is 0 Å². The SMILES string of the molecule is CC1CCCC(C)N1NCc1ccn(C)n1. The molecule has 2 unspecified atom stereocenters. The standard InChI is InChI=1S/C12H22N4/c1-10-5-4-6-11(2)16(10)13-9-12-7-8-15(3)14-12/h7-8,10-11,13H,4-6,9H2,1-3H3. The smallest absolute Gasteiger partial charge is 0.0776 e. The Balaban J connectivity index is 1.88. The van der Waals surface area contributed by atoms with Crippen LogP contribution in [0.5, 0.6) is 0 Å². The molecule has 1 aliphatic rings. The molecular formula is C12H22N4. The van der Waals surface area contributed by atoms with Gasteiger partial charge >= 0.3 is 0 Å². The lowest BCUT2D eigenvalue weighted by Crippen LogP contribution is -2.51. The summed E-state index contributed by atoms with van der Waals surface area (Å²) in [5.74, 6) is 0. The number of rotatable bonds is 3. The van der Waals surface area contributed by atoms with E-state index in [2.05, 4.69) is 35.4 Å². The van der Waals surface area contributed by atoms with Crippen LogP contribution in [-0.2, 0) is 13.6 Å². The Morgan fingerprint density at radius 3 is 2.62 bits per heavy atom. The van der Waals surface area contributed by atoms with Gasteiger partial charge in [-0.3, -0.25) is 4.68 Å². The topological polar surface area (TPSA) is 33.1 Å². The maximum Gasteiger partial charge on any atom is 0.0776 e. The average Bonchev–Trinajstić information content (AvgIpc) is 2.63. The van der Waals surface area contributed by atoms with Crippen molar-refractivity contribution in [2.45, 2.75) is 51.7 Å². The average molecular weight is 222 g/mol. The Kier molecular flexibility index (Phi) is 3.61. The van der Waals surface area contributed by atoms with Crippen molar-refractivity contribution in [3.8, 4) is 0 Å². The van der Waals surface area contributed by atoms with Crippen LogP contribution in [-0.4, -0.2) is 26.9 Å². The van der Waals surface area contributed by atoms with Crippen LogP contribution in [0, 0.1) is 0 Å². The van der Waals surface area contributed by atoms with E-state index in [1.54, 1.807) is 0 Å². The number of nitrogens with one attached hydrogen (secondary N) is 1. The Morgan fingerprint density at radius 2 is 2.06 bits per heavy atom. The molecule has 4 nitrogen and oxygen atoms in total. The van der Waals surface area contributed by atoms with Crippen LogP contribution >= 0.6 is 0 Å². The molecule has 16 heavy (non-hydrogen) atoms. The second-order valence-corrected chi connectivity index (χ2v) is 4.85. The van der Waals surface area contributed by atoms with Gasteiger partial charge in [0.25, 0.3) is 0 Å². The van der Waals surface area contributed by atoms with Gasteiger partial charge in [0.2, 0.25) is 0 Å². The Morgan fingerprint density at radius 1 is 1.38 bits per heavy atom. The first-order valence-corrected chi connectivity index (χ1v) is 6.17. The normalized spacial score (nSPS) is 27.2. The first kappa shape index (κ1) is 11.6. The van der Waals surface area contributed by atoms with Crippen molar-refractivity contribution in [3.05, 3.63) is 18.0 Å². The number of hydrogen-bond acceptors (Lipinski definition) is 3. The second-order valence-electron chi connectivity index (χ2n) is 4.85. The third-order valence-corrected chi connectivity index (χ3v) is 3.41. The van der Waals surface area contributed by atoms with Crippen LogP contribution < -0.4 is 5.43 Å². The predicted octanol–water partition coefficient (Wildman–Crippen LogP) is 1.69. The molecule has 2 atom stereocenters. The van der Waals surface area contributed by atoms with Crippen molar-refractivity contribution in [1.82, 2.24) is 20.2 Å². The Bertz CT molecular complexity index is 324. The highest BCUT2D eigenvalue weighted by Gasteiger charge is 2.24. The third kappa shape index (κ3) is 2.62. The second kappa shape index (κ2) is 4.97. The zero-order valence-electron chi connectivity index (χ0n) is 10.5. The number of hydrogen-bond donors (Lipinski definition) is 1.